The molecule has 0 bridgehead atoms. The summed E-state index contributed by atoms with van der Waals surface area (Å²) in [5, 5.41) is 2.61. The van der Waals surface area contributed by atoms with E-state index in [0.29, 0.717) is 12.1 Å². The first-order chi connectivity index (χ1) is 26.0. The third-order valence-electron chi connectivity index (χ3n) is 13.1. The Morgan fingerprint density at radius 3 is 2.34 bits per heavy atom. The Morgan fingerprint density at radius 1 is 0.660 bits per heavy atom. The SMILES string of the molecule is CC1(C)c2ccccc2-c2ccc(-n3c4ccccc4c4cc(C5=CCC6C(=C5)c5ccccc5N6C5CC=C(C6=CC=CCC6)CC5)ccc43)cc21. The number of nitrogens with zero attached hydrogens (tertiary/aromatic N) is 2. The van der Waals surface area contributed by atoms with Crippen molar-refractivity contribution in [1.29, 1.82) is 0 Å². The van der Waals surface area contributed by atoms with Gasteiger partial charge in [0.1, 0.15) is 0 Å². The minimum Gasteiger partial charge on any atom is -0.360 e. The minimum absolute atomic E-state index is 0.0394. The predicted molar refractivity (Wildman–Crippen MR) is 224 cm³/mol. The van der Waals surface area contributed by atoms with Crippen LogP contribution in [0.2, 0.25) is 0 Å². The zero-order valence-corrected chi connectivity index (χ0v) is 30.6. The van der Waals surface area contributed by atoms with Gasteiger partial charge < -0.3 is 9.47 Å². The average molecular weight is 685 g/mol. The Labute approximate surface area is 312 Å². The van der Waals surface area contributed by atoms with Gasteiger partial charge in [0.15, 0.2) is 0 Å². The van der Waals surface area contributed by atoms with Gasteiger partial charge in [0.05, 0.1) is 17.1 Å². The number of rotatable bonds is 4. The van der Waals surface area contributed by atoms with Gasteiger partial charge in [-0.3, -0.25) is 0 Å². The lowest BCUT2D eigenvalue weighted by molar-refractivity contribution is 0.514. The molecule has 2 unspecified atom stereocenters. The van der Waals surface area contributed by atoms with Crippen molar-refractivity contribution >= 4 is 38.6 Å². The van der Waals surface area contributed by atoms with Crippen LogP contribution in [0.5, 0.6) is 0 Å². The lowest BCUT2D eigenvalue weighted by Crippen LogP contribution is -2.41. The molecule has 1 aromatic heterocycles. The Morgan fingerprint density at radius 2 is 1.47 bits per heavy atom. The Kier molecular flexibility index (Phi) is 6.84. The van der Waals surface area contributed by atoms with Gasteiger partial charge in [-0.05, 0) is 131 Å². The van der Waals surface area contributed by atoms with E-state index in [1.165, 1.54) is 103 Å². The molecule has 5 aliphatic rings. The molecule has 1 aliphatic heterocycles. The molecule has 2 heteroatoms. The first-order valence-electron chi connectivity index (χ1n) is 19.7. The number of hydrogen-bond acceptors (Lipinski definition) is 1. The molecule has 11 rings (SSSR count). The maximum absolute atomic E-state index is 2.78. The molecule has 2 heterocycles. The highest BCUT2D eigenvalue weighted by Gasteiger charge is 2.39. The van der Waals surface area contributed by atoms with Crippen molar-refractivity contribution in [2.45, 2.75) is 69.9 Å². The summed E-state index contributed by atoms with van der Waals surface area (Å²) in [4.78, 5) is 2.78. The number of benzene rings is 5. The van der Waals surface area contributed by atoms with E-state index in [1.54, 1.807) is 11.1 Å². The van der Waals surface area contributed by atoms with Crippen LogP contribution < -0.4 is 4.90 Å². The Hall–Kier alpha value is -5.60. The maximum Gasteiger partial charge on any atom is 0.0587 e. The molecule has 2 nitrogen and oxygen atoms in total. The number of anilines is 1. The number of allylic oxidation sites excluding steroid dienone is 7. The summed E-state index contributed by atoms with van der Waals surface area (Å²) in [6, 6.07) is 42.2. The smallest absolute Gasteiger partial charge is 0.0587 e. The molecule has 6 aromatic rings. The summed E-state index contributed by atoms with van der Waals surface area (Å²) in [7, 11) is 0. The monoisotopic (exact) mass is 684 g/mol. The highest BCUT2D eigenvalue weighted by molar-refractivity contribution is 6.10. The number of para-hydroxylation sites is 2. The first-order valence-corrected chi connectivity index (χ1v) is 19.7. The van der Waals surface area contributed by atoms with Gasteiger partial charge in [-0.1, -0.05) is 117 Å². The fourth-order valence-electron chi connectivity index (χ4n) is 10.5. The maximum atomic E-state index is 2.78. The minimum atomic E-state index is -0.0394. The van der Waals surface area contributed by atoms with Gasteiger partial charge >= 0.3 is 0 Å². The van der Waals surface area contributed by atoms with E-state index in [4.69, 9.17) is 0 Å². The van der Waals surface area contributed by atoms with Gasteiger partial charge in [0.2, 0.25) is 0 Å². The van der Waals surface area contributed by atoms with Gasteiger partial charge in [-0.15, -0.1) is 0 Å². The molecular weight excluding hydrogens is 641 g/mol. The van der Waals surface area contributed by atoms with E-state index >= 15 is 0 Å². The van der Waals surface area contributed by atoms with Gasteiger partial charge in [-0.2, -0.15) is 0 Å². The van der Waals surface area contributed by atoms with Crippen molar-refractivity contribution in [3.05, 3.63) is 179 Å². The fourth-order valence-corrected chi connectivity index (χ4v) is 10.5. The summed E-state index contributed by atoms with van der Waals surface area (Å²) in [6.45, 7) is 4.74. The Balaban J connectivity index is 0.955. The average Bonchev–Trinajstić information content (AvgIpc) is 3.81. The molecule has 53 heavy (non-hydrogen) atoms. The van der Waals surface area contributed by atoms with Crippen LogP contribution in [-0.2, 0) is 5.41 Å². The predicted octanol–water partition coefficient (Wildman–Crippen LogP) is 12.9. The van der Waals surface area contributed by atoms with Crippen LogP contribution in [-0.4, -0.2) is 16.7 Å². The van der Waals surface area contributed by atoms with E-state index in [1.807, 2.05) is 0 Å². The van der Waals surface area contributed by atoms with Crippen molar-refractivity contribution in [1.82, 2.24) is 4.57 Å². The largest absolute Gasteiger partial charge is 0.360 e. The molecule has 0 radical (unpaired) electrons. The topological polar surface area (TPSA) is 8.17 Å². The van der Waals surface area contributed by atoms with Crippen LogP contribution in [0.4, 0.5) is 5.69 Å². The summed E-state index contributed by atoms with van der Waals surface area (Å²) >= 11 is 0. The zero-order chi connectivity index (χ0) is 35.3. The second-order valence-electron chi connectivity index (χ2n) is 16.2. The van der Waals surface area contributed by atoms with Crippen molar-refractivity contribution in [2.24, 2.45) is 0 Å². The van der Waals surface area contributed by atoms with Crippen molar-refractivity contribution in [3.63, 3.8) is 0 Å². The zero-order valence-electron chi connectivity index (χ0n) is 30.6. The summed E-state index contributed by atoms with van der Waals surface area (Å²) in [5.41, 5.74) is 19.3. The van der Waals surface area contributed by atoms with E-state index in [2.05, 4.69) is 169 Å². The third-order valence-corrected chi connectivity index (χ3v) is 13.1. The molecule has 5 aromatic carbocycles. The van der Waals surface area contributed by atoms with Crippen LogP contribution >= 0.6 is 0 Å². The highest BCUT2D eigenvalue weighted by atomic mass is 15.2. The molecule has 4 aliphatic carbocycles. The molecule has 0 spiro atoms. The molecule has 0 saturated carbocycles. The lowest BCUT2D eigenvalue weighted by Gasteiger charge is -2.38. The second-order valence-corrected chi connectivity index (χ2v) is 16.2. The number of aromatic nitrogens is 1. The van der Waals surface area contributed by atoms with Crippen LogP contribution in [0.1, 0.15) is 74.6 Å². The highest BCUT2D eigenvalue weighted by Crippen LogP contribution is 2.51. The van der Waals surface area contributed by atoms with E-state index in [9.17, 15) is 0 Å². The van der Waals surface area contributed by atoms with Crippen LogP contribution in [0.25, 0.3) is 49.8 Å². The van der Waals surface area contributed by atoms with Crippen molar-refractivity contribution in [2.75, 3.05) is 4.90 Å². The van der Waals surface area contributed by atoms with Crippen LogP contribution in [0.15, 0.2) is 157 Å². The normalized spacial score (nSPS) is 21.1. The van der Waals surface area contributed by atoms with Gasteiger partial charge in [0.25, 0.3) is 0 Å². The van der Waals surface area contributed by atoms with Crippen molar-refractivity contribution < 1.29 is 0 Å². The van der Waals surface area contributed by atoms with Crippen molar-refractivity contribution in [3.8, 4) is 16.8 Å². The summed E-state index contributed by atoms with van der Waals surface area (Å²) in [5.74, 6) is 0. The van der Waals surface area contributed by atoms with Gasteiger partial charge in [0, 0.05) is 39.2 Å². The Bertz CT molecular complexity index is 2670. The van der Waals surface area contributed by atoms with Gasteiger partial charge in [-0.25, -0.2) is 0 Å². The first kappa shape index (κ1) is 31.0. The summed E-state index contributed by atoms with van der Waals surface area (Å²) in [6.07, 6.45) is 21.4. The van der Waals surface area contributed by atoms with Crippen LogP contribution in [0.3, 0.4) is 0 Å². The molecule has 2 atom stereocenters. The summed E-state index contributed by atoms with van der Waals surface area (Å²) < 4.78 is 2.48. The number of hydrogen-bond donors (Lipinski definition) is 0. The third kappa shape index (κ3) is 4.64. The number of fused-ring (bicyclic) bond motifs is 9. The molecule has 0 saturated heterocycles. The molecule has 258 valence electrons. The molecule has 0 amide bonds. The molecular formula is C51H44N2. The van der Waals surface area contributed by atoms with E-state index in [0.717, 1.165) is 12.8 Å². The second kappa shape index (κ2) is 11.7. The van der Waals surface area contributed by atoms with Crippen LogP contribution in [0, 0.1) is 0 Å². The lowest BCUT2D eigenvalue weighted by atomic mass is 9.82. The molecule has 0 N–H and O–H groups in total. The standard InChI is InChI=1S/C51H44N2/c1-51(2)45-17-9-6-14-39(45)40-27-26-38(32-46(40)51)53-48-19-11-8-16-42(48)44-31-36(23-29-50(44)53)35-22-28-49-43(30-35)41-15-7-10-18-47(41)52(49)37-24-20-34(21-25-37)33-12-4-3-5-13-33/h3-4,6-12,14-20,22-23,26-27,29-32,37,49H,5,13,21,24-25,28H2,1-2H3. The quantitative estimate of drug-likeness (QED) is 0.179. The fraction of sp³-hybridized carbons (Fsp3) is 0.216. The van der Waals surface area contributed by atoms with E-state index in [-0.39, 0.29) is 5.41 Å². The van der Waals surface area contributed by atoms with E-state index < -0.39 is 0 Å². The molecule has 0 fully saturated rings.